The number of nitrogens with one attached hydrogen (secondary N) is 1. The summed E-state index contributed by atoms with van der Waals surface area (Å²) in [4.78, 5) is 0. The summed E-state index contributed by atoms with van der Waals surface area (Å²) in [6, 6.07) is 5.57. The van der Waals surface area contributed by atoms with Gasteiger partial charge in [-0.25, -0.2) is 0 Å². The predicted octanol–water partition coefficient (Wildman–Crippen LogP) is 3.80. The normalized spacial score (nSPS) is 19.1. The van der Waals surface area contributed by atoms with Crippen LogP contribution < -0.4 is 5.32 Å². The summed E-state index contributed by atoms with van der Waals surface area (Å²) in [7, 11) is 1.72. The molecule has 1 saturated carbocycles. The van der Waals surface area contributed by atoms with Gasteiger partial charge in [-0.05, 0) is 49.9 Å². The van der Waals surface area contributed by atoms with Gasteiger partial charge in [-0.2, -0.15) is 13.2 Å². The van der Waals surface area contributed by atoms with Gasteiger partial charge in [0.05, 0.1) is 11.2 Å². The van der Waals surface area contributed by atoms with Gasteiger partial charge >= 0.3 is 6.18 Å². The van der Waals surface area contributed by atoms with Crippen LogP contribution in [-0.2, 0) is 17.3 Å². The van der Waals surface area contributed by atoms with Crippen LogP contribution in [0.15, 0.2) is 24.3 Å². The van der Waals surface area contributed by atoms with Crippen LogP contribution in [0.25, 0.3) is 0 Å². The lowest BCUT2D eigenvalue weighted by molar-refractivity contribution is -0.137. The molecule has 1 aromatic carbocycles. The molecular weight excluding hydrogens is 279 g/mol. The zero-order valence-corrected chi connectivity index (χ0v) is 12.5. The van der Waals surface area contributed by atoms with E-state index < -0.39 is 11.7 Å². The van der Waals surface area contributed by atoms with Crippen molar-refractivity contribution < 1.29 is 17.9 Å². The minimum Gasteiger partial charge on any atom is -0.377 e. The highest BCUT2D eigenvalue weighted by Crippen LogP contribution is 2.39. The van der Waals surface area contributed by atoms with Crippen molar-refractivity contribution in [2.24, 2.45) is 0 Å². The van der Waals surface area contributed by atoms with Crippen molar-refractivity contribution >= 4 is 0 Å². The third-order valence-corrected chi connectivity index (χ3v) is 4.41. The largest absolute Gasteiger partial charge is 0.416 e. The molecule has 1 atom stereocenters. The van der Waals surface area contributed by atoms with Crippen LogP contribution in [-0.4, -0.2) is 25.3 Å². The van der Waals surface area contributed by atoms with Crippen LogP contribution in [0.3, 0.4) is 0 Å². The van der Waals surface area contributed by atoms with Crippen LogP contribution in [0.5, 0.6) is 0 Å². The summed E-state index contributed by atoms with van der Waals surface area (Å²) >= 11 is 0. The van der Waals surface area contributed by atoms with E-state index in [0.717, 1.165) is 43.5 Å². The number of halogens is 3. The van der Waals surface area contributed by atoms with Crippen LogP contribution in [0.4, 0.5) is 13.2 Å². The number of methoxy groups -OCH3 is 1. The standard InChI is InChI=1S/C16H22F3NO/c1-3-20-14(15(21-2)9-4-10-15)11-12-5-7-13(8-6-12)16(17,18)19/h5-8,14,20H,3-4,9-11H2,1-2H3. The number of benzene rings is 1. The van der Waals surface area contributed by atoms with Crippen molar-refractivity contribution in [3.05, 3.63) is 35.4 Å². The van der Waals surface area contributed by atoms with Gasteiger partial charge in [-0.1, -0.05) is 19.1 Å². The fourth-order valence-corrected chi connectivity index (χ4v) is 2.98. The number of alkyl halides is 3. The fourth-order valence-electron chi connectivity index (χ4n) is 2.98. The molecule has 118 valence electrons. The van der Waals surface area contributed by atoms with E-state index >= 15 is 0 Å². The van der Waals surface area contributed by atoms with Crippen molar-refractivity contribution in [3.63, 3.8) is 0 Å². The molecule has 1 aromatic rings. The molecule has 0 heterocycles. The van der Waals surface area contributed by atoms with E-state index in [-0.39, 0.29) is 11.6 Å². The second kappa shape index (κ2) is 6.36. The van der Waals surface area contributed by atoms with Crippen molar-refractivity contribution in [1.29, 1.82) is 0 Å². The molecule has 0 amide bonds. The molecular formula is C16H22F3NO. The quantitative estimate of drug-likeness (QED) is 0.863. The maximum atomic E-state index is 12.6. The Kier molecular flexibility index (Phi) is 4.94. The van der Waals surface area contributed by atoms with Gasteiger partial charge in [0, 0.05) is 13.2 Å². The van der Waals surface area contributed by atoms with Gasteiger partial charge in [0.25, 0.3) is 0 Å². The van der Waals surface area contributed by atoms with E-state index in [1.807, 2.05) is 6.92 Å². The zero-order chi connectivity index (χ0) is 15.5. The SMILES string of the molecule is CCNC(Cc1ccc(C(F)(F)F)cc1)C1(OC)CCC1. The van der Waals surface area contributed by atoms with E-state index in [4.69, 9.17) is 4.74 Å². The minimum absolute atomic E-state index is 0.137. The first kappa shape index (κ1) is 16.3. The van der Waals surface area contributed by atoms with Gasteiger partial charge in [0.2, 0.25) is 0 Å². The average molecular weight is 301 g/mol. The Morgan fingerprint density at radius 3 is 2.24 bits per heavy atom. The van der Waals surface area contributed by atoms with Crippen molar-refractivity contribution in [1.82, 2.24) is 5.32 Å². The molecule has 0 spiro atoms. The molecule has 2 rings (SSSR count). The van der Waals surface area contributed by atoms with Crippen molar-refractivity contribution in [2.45, 2.75) is 50.4 Å². The number of ether oxygens (including phenoxy) is 1. The summed E-state index contributed by atoms with van der Waals surface area (Å²) in [5, 5.41) is 3.42. The fraction of sp³-hybridized carbons (Fsp3) is 0.625. The highest BCUT2D eigenvalue weighted by atomic mass is 19.4. The Morgan fingerprint density at radius 1 is 1.24 bits per heavy atom. The number of likely N-dealkylation sites (N-methyl/N-ethyl adjacent to an activating group) is 1. The smallest absolute Gasteiger partial charge is 0.377 e. The molecule has 0 aromatic heterocycles. The van der Waals surface area contributed by atoms with Crippen LogP contribution in [0, 0.1) is 0 Å². The minimum atomic E-state index is -4.28. The zero-order valence-electron chi connectivity index (χ0n) is 12.5. The summed E-state index contributed by atoms with van der Waals surface area (Å²) in [6.07, 6.45) is -0.451. The average Bonchev–Trinajstić information content (AvgIpc) is 2.38. The molecule has 1 fully saturated rings. The third-order valence-electron chi connectivity index (χ3n) is 4.41. The predicted molar refractivity (Wildman–Crippen MR) is 76.2 cm³/mol. The highest BCUT2D eigenvalue weighted by molar-refractivity contribution is 5.26. The first-order chi connectivity index (χ1) is 9.91. The molecule has 1 aliphatic carbocycles. The first-order valence-corrected chi connectivity index (χ1v) is 7.36. The molecule has 0 bridgehead atoms. The monoisotopic (exact) mass is 301 g/mol. The maximum Gasteiger partial charge on any atom is 0.416 e. The Morgan fingerprint density at radius 2 is 1.86 bits per heavy atom. The molecule has 2 nitrogen and oxygen atoms in total. The Balaban J connectivity index is 2.10. The van der Waals surface area contributed by atoms with E-state index in [1.54, 1.807) is 19.2 Å². The Bertz CT molecular complexity index is 446. The topological polar surface area (TPSA) is 21.3 Å². The van der Waals surface area contributed by atoms with Crippen LogP contribution >= 0.6 is 0 Å². The molecule has 1 N–H and O–H groups in total. The van der Waals surface area contributed by atoms with Gasteiger partial charge < -0.3 is 10.1 Å². The van der Waals surface area contributed by atoms with Gasteiger partial charge in [-0.3, -0.25) is 0 Å². The molecule has 0 saturated heterocycles. The van der Waals surface area contributed by atoms with Gasteiger partial charge in [0.15, 0.2) is 0 Å². The first-order valence-electron chi connectivity index (χ1n) is 7.36. The summed E-state index contributed by atoms with van der Waals surface area (Å²) < 4.78 is 43.4. The molecule has 21 heavy (non-hydrogen) atoms. The summed E-state index contributed by atoms with van der Waals surface area (Å²) in [5.41, 5.74) is 0.132. The van der Waals surface area contributed by atoms with Crippen LogP contribution in [0.1, 0.15) is 37.3 Å². The summed E-state index contributed by atoms with van der Waals surface area (Å²) in [5.74, 6) is 0. The van der Waals surface area contributed by atoms with Crippen molar-refractivity contribution in [2.75, 3.05) is 13.7 Å². The highest BCUT2D eigenvalue weighted by Gasteiger charge is 2.44. The van der Waals surface area contributed by atoms with Gasteiger partial charge in [0.1, 0.15) is 0 Å². The Labute approximate surface area is 123 Å². The van der Waals surface area contributed by atoms with E-state index in [1.165, 1.54) is 0 Å². The maximum absolute atomic E-state index is 12.6. The second-order valence-electron chi connectivity index (χ2n) is 5.63. The second-order valence-corrected chi connectivity index (χ2v) is 5.63. The van der Waals surface area contributed by atoms with E-state index in [9.17, 15) is 13.2 Å². The lowest BCUT2D eigenvalue weighted by atomic mass is 9.72. The molecule has 1 aliphatic rings. The summed E-state index contributed by atoms with van der Waals surface area (Å²) in [6.45, 7) is 2.85. The van der Waals surface area contributed by atoms with Crippen molar-refractivity contribution in [3.8, 4) is 0 Å². The number of hydrogen-bond acceptors (Lipinski definition) is 2. The molecule has 1 unspecified atom stereocenters. The van der Waals surface area contributed by atoms with Crippen LogP contribution in [0.2, 0.25) is 0 Å². The lowest BCUT2D eigenvalue weighted by Gasteiger charge is -2.47. The molecule has 0 aliphatic heterocycles. The lowest BCUT2D eigenvalue weighted by Crippen LogP contribution is -2.57. The Hall–Kier alpha value is -1.07. The molecule has 5 heteroatoms. The molecule has 0 radical (unpaired) electrons. The van der Waals surface area contributed by atoms with E-state index in [2.05, 4.69) is 5.32 Å². The third kappa shape index (κ3) is 3.58. The number of rotatable bonds is 6. The van der Waals surface area contributed by atoms with E-state index in [0.29, 0.717) is 6.42 Å². The number of hydrogen-bond donors (Lipinski definition) is 1. The van der Waals surface area contributed by atoms with Gasteiger partial charge in [-0.15, -0.1) is 0 Å².